The van der Waals surface area contributed by atoms with Gasteiger partial charge in [-0.2, -0.15) is 0 Å². The van der Waals surface area contributed by atoms with Crippen LogP contribution in [0.2, 0.25) is 0 Å². The van der Waals surface area contributed by atoms with E-state index in [1.54, 1.807) is 12.2 Å². The van der Waals surface area contributed by atoms with E-state index in [9.17, 15) is 0 Å². The van der Waals surface area contributed by atoms with E-state index in [0.29, 0.717) is 5.70 Å². The quantitative estimate of drug-likeness (QED) is 0.553. The van der Waals surface area contributed by atoms with Gasteiger partial charge in [-0.05, 0) is 39.6 Å². The second kappa shape index (κ2) is 6.25. The molecule has 0 aromatic carbocycles. The second-order valence-corrected chi connectivity index (χ2v) is 3.72. The maximum Gasteiger partial charge on any atom is 0.0573 e. The normalized spacial score (nSPS) is 15.9. The van der Waals surface area contributed by atoms with E-state index >= 15 is 0 Å². The number of hydrogen-bond acceptors (Lipinski definition) is 2. The van der Waals surface area contributed by atoms with E-state index in [1.807, 2.05) is 21.0 Å². The Morgan fingerprint density at radius 3 is 2.07 bits per heavy atom. The summed E-state index contributed by atoms with van der Waals surface area (Å²) < 4.78 is 0. The summed E-state index contributed by atoms with van der Waals surface area (Å²) >= 11 is 0. The van der Waals surface area contributed by atoms with Gasteiger partial charge in [0.2, 0.25) is 0 Å². The van der Waals surface area contributed by atoms with E-state index in [2.05, 4.69) is 31.1 Å². The minimum Gasteiger partial charge on any atom is -0.398 e. The topological polar surface area (TPSA) is 29.3 Å². The van der Waals surface area contributed by atoms with Gasteiger partial charge in [0, 0.05) is 5.70 Å². The molecule has 0 aromatic rings. The van der Waals surface area contributed by atoms with Gasteiger partial charge >= 0.3 is 0 Å². The van der Waals surface area contributed by atoms with Crippen LogP contribution in [0.25, 0.3) is 0 Å². The van der Waals surface area contributed by atoms with Crippen molar-refractivity contribution in [1.29, 1.82) is 0 Å². The third kappa shape index (κ3) is 3.40. The fourth-order valence-corrected chi connectivity index (χ4v) is 1.59. The van der Waals surface area contributed by atoms with Crippen LogP contribution >= 0.6 is 0 Å². The molecular weight excluding hydrogens is 184 g/mol. The van der Waals surface area contributed by atoms with Gasteiger partial charge < -0.3 is 5.73 Å². The molecule has 0 radical (unpaired) electrons. The van der Waals surface area contributed by atoms with Crippen molar-refractivity contribution in [3.8, 4) is 0 Å². The zero-order valence-electron chi connectivity index (χ0n) is 10.2. The molecule has 2 heteroatoms. The highest BCUT2D eigenvalue weighted by Gasteiger charge is 2.17. The molecule has 0 aliphatic heterocycles. The van der Waals surface area contributed by atoms with E-state index in [0.717, 1.165) is 5.57 Å². The van der Waals surface area contributed by atoms with Crippen LogP contribution in [0, 0.1) is 0 Å². The Morgan fingerprint density at radius 1 is 1.27 bits per heavy atom. The van der Waals surface area contributed by atoms with Crippen molar-refractivity contribution in [2.75, 3.05) is 14.1 Å². The lowest BCUT2D eigenvalue weighted by atomic mass is 9.96. The molecule has 84 valence electrons. The average Bonchev–Trinajstić information content (AvgIpc) is 2.22. The molecule has 0 aliphatic rings. The van der Waals surface area contributed by atoms with Gasteiger partial charge in [0.25, 0.3) is 0 Å². The summed E-state index contributed by atoms with van der Waals surface area (Å²) in [4.78, 5) is 2.11. The van der Waals surface area contributed by atoms with Crippen molar-refractivity contribution in [3.63, 3.8) is 0 Å². The molecule has 0 saturated heterocycles. The molecule has 0 amide bonds. The number of rotatable bonds is 5. The maximum atomic E-state index is 5.90. The largest absolute Gasteiger partial charge is 0.398 e. The molecule has 0 saturated carbocycles. The van der Waals surface area contributed by atoms with Crippen molar-refractivity contribution in [1.82, 2.24) is 4.90 Å². The van der Waals surface area contributed by atoms with Gasteiger partial charge in [-0.15, -0.1) is 0 Å². The monoisotopic (exact) mass is 206 g/mol. The first-order chi connectivity index (χ1) is 6.99. The smallest absolute Gasteiger partial charge is 0.0573 e. The summed E-state index contributed by atoms with van der Waals surface area (Å²) in [5.41, 5.74) is 8.84. The van der Waals surface area contributed by atoms with Crippen molar-refractivity contribution in [2.24, 2.45) is 5.73 Å². The van der Waals surface area contributed by atoms with Crippen LogP contribution in [0.3, 0.4) is 0 Å². The van der Waals surface area contributed by atoms with Gasteiger partial charge in [0.05, 0.1) is 6.04 Å². The van der Waals surface area contributed by atoms with Crippen LogP contribution in [0.5, 0.6) is 0 Å². The Morgan fingerprint density at radius 2 is 1.80 bits per heavy atom. The molecule has 0 bridgehead atoms. The zero-order chi connectivity index (χ0) is 12.0. The van der Waals surface area contributed by atoms with E-state index in [1.165, 1.54) is 5.57 Å². The Labute approximate surface area is 93.5 Å². The van der Waals surface area contributed by atoms with Crippen molar-refractivity contribution < 1.29 is 0 Å². The van der Waals surface area contributed by atoms with E-state index in [4.69, 9.17) is 5.73 Å². The van der Waals surface area contributed by atoms with Crippen LogP contribution in [0.4, 0.5) is 0 Å². The SMILES string of the molecule is C=C/C(N)=C(/C=C)C(/C(C)=C\C)N(C)C. The van der Waals surface area contributed by atoms with E-state index in [-0.39, 0.29) is 6.04 Å². The number of nitrogens with two attached hydrogens (primary N) is 1. The standard InChI is InChI=1S/C13H22N2/c1-7-10(4)13(15(5)6)11(8-2)12(14)9-3/h7-9,13H,2-3,14H2,1,4-6H3/b10-7-,12-11+. The average molecular weight is 206 g/mol. The molecule has 0 rings (SSSR count). The predicted octanol–water partition coefficient (Wildman–Crippen LogP) is 2.47. The molecule has 1 unspecified atom stereocenters. The summed E-state index contributed by atoms with van der Waals surface area (Å²) in [6, 6.07) is 0.172. The van der Waals surface area contributed by atoms with Gasteiger partial charge in [0.15, 0.2) is 0 Å². The number of allylic oxidation sites excluding steroid dienone is 2. The van der Waals surface area contributed by atoms with Crippen LogP contribution in [-0.4, -0.2) is 25.0 Å². The Hall–Kier alpha value is -1.28. The van der Waals surface area contributed by atoms with Crippen molar-refractivity contribution >= 4 is 0 Å². The molecule has 1 atom stereocenters. The lowest BCUT2D eigenvalue weighted by molar-refractivity contribution is 0.368. The molecule has 0 aromatic heterocycles. The summed E-state index contributed by atoms with van der Waals surface area (Å²) in [6.07, 6.45) is 5.55. The third-order valence-electron chi connectivity index (χ3n) is 2.47. The number of hydrogen-bond donors (Lipinski definition) is 1. The van der Waals surface area contributed by atoms with Gasteiger partial charge in [0.1, 0.15) is 0 Å². The lowest BCUT2D eigenvalue weighted by Crippen LogP contribution is -2.32. The molecule has 2 nitrogen and oxygen atoms in total. The molecule has 2 N–H and O–H groups in total. The third-order valence-corrected chi connectivity index (χ3v) is 2.47. The van der Waals surface area contributed by atoms with Crippen LogP contribution in [0.1, 0.15) is 13.8 Å². The fraction of sp³-hybridized carbons (Fsp3) is 0.385. The van der Waals surface area contributed by atoms with Gasteiger partial charge in [-0.3, -0.25) is 4.90 Å². The highest BCUT2D eigenvalue weighted by atomic mass is 15.1. The first-order valence-corrected chi connectivity index (χ1v) is 5.03. The number of nitrogens with zero attached hydrogens (tertiary/aromatic N) is 1. The van der Waals surface area contributed by atoms with Crippen LogP contribution < -0.4 is 5.73 Å². The lowest BCUT2D eigenvalue weighted by Gasteiger charge is -2.27. The minimum atomic E-state index is 0.172. The summed E-state index contributed by atoms with van der Waals surface area (Å²) in [6.45, 7) is 11.6. The number of likely N-dealkylation sites (N-methyl/N-ethyl adjacent to an activating group) is 1. The van der Waals surface area contributed by atoms with E-state index < -0.39 is 0 Å². The van der Waals surface area contributed by atoms with Crippen molar-refractivity contribution in [3.05, 3.63) is 48.2 Å². The van der Waals surface area contributed by atoms with Crippen LogP contribution in [0.15, 0.2) is 48.2 Å². The Kier molecular flexibility index (Phi) is 5.72. The Bertz CT molecular complexity index is 296. The van der Waals surface area contributed by atoms with Crippen LogP contribution in [-0.2, 0) is 0 Å². The zero-order valence-corrected chi connectivity index (χ0v) is 10.2. The summed E-state index contributed by atoms with van der Waals surface area (Å²) in [5.74, 6) is 0. The van der Waals surface area contributed by atoms with Gasteiger partial charge in [-0.1, -0.05) is 30.9 Å². The summed E-state index contributed by atoms with van der Waals surface area (Å²) in [5, 5.41) is 0. The highest BCUT2D eigenvalue weighted by molar-refractivity contribution is 5.38. The van der Waals surface area contributed by atoms with Gasteiger partial charge in [-0.25, -0.2) is 0 Å². The molecule has 0 fully saturated rings. The second-order valence-electron chi connectivity index (χ2n) is 3.72. The fourth-order valence-electron chi connectivity index (χ4n) is 1.59. The predicted molar refractivity (Wildman–Crippen MR) is 68.5 cm³/mol. The first-order valence-electron chi connectivity index (χ1n) is 5.03. The molecule has 15 heavy (non-hydrogen) atoms. The van der Waals surface area contributed by atoms with Crippen molar-refractivity contribution in [2.45, 2.75) is 19.9 Å². The molecular formula is C13H22N2. The molecule has 0 aliphatic carbocycles. The summed E-state index contributed by atoms with van der Waals surface area (Å²) in [7, 11) is 4.05. The first kappa shape index (κ1) is 13.7. The minimum absolute atomic E-state index is 0.172. The molecule has 0 spiro atoms. The Balaban J connectivity index is 5.42. The molecule has 0 heterocycles. The maximum absolute atomic E-state index is 5.90. The highest BCUT2D eigenvalue weighted by Crippen LogP contribution is 2.19.